The molecular weight excluding hydrogens is 240 g/mol. The van der Waals surface area contributed by atoms with E-state index in [2.05, 4.69) is 16.8 Å². The van der Waals surface area contributed by atoms with E-state index in [4.69, 9.17) is 16.2 Å². The molecule has 0 amide bonds. The first-order chi connectivity index (χ1) is 9.22. The van der Waals surface area contributed by atoms with Gasteiger partial charge in [0.15, 0.2) is 5.82 Å². The average Bonchev–Trinajstić information content (AvgIpc) is 2.73. The zero-order chi connectivity index (χ0) is 13.7. The van der Waals surface area contributed by atoms with Gasteiger partial charge in [-0.25, -0.2) is 0 Å². The zero-order valence-electron chi connectivity index (χ0n) is 10.7. The average molecular weight is 258 g/mol. The number of hydrogen-bond donors (Lipinski definition) is 3. The van der Waals surface area contributed by atoms with Gasteiger partial charge in [0.25, 0.3) is 0 Å². The highest BCUT2D eigenvalue weighted by Crippen LogP contribution is 2.26. The predicted octanol–water partition coefficient (Wildman–Crippen LogP) is 2.12. The number of nitrogens with two attached hydrogens (primary N) is 2. The molecule has 2 aromatic rings. The number of para-hydroxylation sites is 1. The number of nitrogens with zero attached hydrogens (tertiary/aromatic N) is 1. The fraction of sp³-hybridized carbons (Fsp3) is 0.214. The lowest BCUT2D eigenvalue weighted by Gasteiger charge is -2.10. The summed E-state index contributed by atoms with van der Waals surface area (Å²) in [4.78, 5) is 0. The quantitative estimate of drug-likeness (QED) is 0.547. The molecule has 19 heavy (non-hydrogen) atoms. The van der Waals surface area contributed by atoms with Crippen molar-refractivity contribution >= 4 is 11.6 Å². The summed E-state index contributed by atoms with van der Waals surface area (Å²) in [6, 6.07) is 7.83. The number of anilines is 2. The summed E-state index contributed by atoms with van der Waals surface area (Å²) in [6.45, 7) is 4.28. The van der Waals surface area contributed by atoms with E-state index < -0.39 is 0 Å². The predicted molar refractivity (Wildman–Crippen MR) is 77.0 cm³/mol. The highest BCUT2D eigenvalue weighted by Gasteiger charge is 2.11. The summed E-state index contributed by atoms with van der Waals surface area (Å²) in [5.74, 6) is 1.76. The number of aromatic amines is 1. The van der Waals surface area contributed by atoms with E-state index in [-0.39, 0.29) is 0 Å². The largest absolute Gasteiger partial charge is 0.493 e. The molecule has 0 aliphatic heterocycles. The van der Waals surface area contributed by atoms with Crippen molar-refractivity contribution in [1.29, 1.82) is 0 Å². The first kappa shape index (κ1) is 13.0. The number of nitrogen functional groups attached to an aromatic ring is 2. The minimum absolute atomic E-state index is 0.429. The maximum Gasteiger partial charge on any atom is 0.150 e. The highest BCUT2D eigenvalue weighted by molar-refractivity contribution is 5.56. The van der Waals surface area contributed by atoms with Gasteiger partial charge in [-0.3, -0.25) is 5.10 Å². The molecule has 1 aromatic carbocycles. The van der Waals surface area contributed by atoms with Gasteiger partial charge in [0.05, 0.1) is 6.61 Å². The van der Waals surface area contributed by atoms with Crippen molar-refractivity contribution in [3.63, 3.8) is 0 Å². The SMILES string of the molecule is C=CCCOc1ccccc1Cc1c(N)n[nH]c1N. The molecule has 2 rings (SSSR count). The monoisotopic (exact) mass is 258 g/mol. The van der Waals surface area contributed by atoms with Crippen LogP contribution < -0.4 is 16.2 Å². The van der Waals surface area contributed by atoms with Gasteiger partial charge < -0.3 is 16.2 Å². The smallest absolute Gasteiger partial charge is 0.150 e. The number of hydrogen-bond acceptors (Lipinski definition) is 4. The molecule has 1 heterocycles. The zero-order valence-corrected chi connectivity index (χ0v) is 10.7. The van der Waals surface area contributed by atoms with Crippen LogP contribution in [0.25, 0.3) is 0 Å². The number of nitrogens with one attached hydrogen (secondary N) is 1. The Bertz CT molecular complexity index is 543. The van der Waals surface area contributed by atoms with Crippen LogP contribution in [0.5, 0.6) is 5.75 Å². The van der Waals surface area contributed by atoms with Gasteiger partial charge in [-0.05, 0) is 18.1 Å². The van der Waals surface area contributed by atoms with E-state index in [1.165, 1.54) is 0 Å². The Hall–Kier alpha value is -2.43. The first-order valence-electron chi connectivity index (χ1n) is 6.12. The number of aromatic nitrogens is 2. The summed E-state index contributed by atoms with van der Waals surface area (Å²) >= 11 is 0. The van der Waals surface area contributed by atoms with Crippen LogP contribution in [0.3, 0.4) is 0 Å². The fourth-order valence-electron chi connectivity index (χ4n) is 1.81. The molecule has 1 aromatic heterocycles. The Balaban J connectivity index is 2.18. The Morgan fingerprint density at radius 1 is 1.32 bits per heavy atom. The molecule has 0 bridgehead atoms. The molecule has 5 heteroatoms. The Labute approximate surface area is 112 Å². The first-order valence-corrected chi connectivity index (χ1v) is 6.12. The molecule has 0 atom stereocenters. The maximum atomic E-state index is 5.81. The minimum Gasteiger partial charge on any atom is -0.493 e. The van der Waals surface area contributed by atoms with E-state index in [1.54, 1.807) is 0 Å². The van der Waals surface area contributed by atoms with E-state index in [0.29, 0.717) is 24.7 Å². The summed E-state index contributed by atoms with van der Waals surface area (Å²) in [7, 11) is 0. The second-order valence-electron chi connectivity index (χ2n) is 4.21. The van der Waals surface area contributed by atoms with Crippen LogP contribution in [-0.2, 0) is 6.42 Å². The molecule has 100 valence electrons. The molecule has 0 spiro atoms. The van der Waals surface area contributed by atoms with Crippen LogP contribution in [0.1, 0.15) is 17.5 Å². The van der Waals surface area contributed by atoms with E-state index in [9.17, 15) is 0 Å². The van der Waals surface area contributed by atoms with Crippen LogP contribution in [0.15, 0.2) is 36.9 Å². The number of H-pyrrole nitrogens is 1. The van der Waals surface area contributed by atoms with Crippen LogP contribution in [0.4, 0.5) is 11.6 Å². The summed E-state index contributed by atoms with van der Waals surface area (Å²) in [5, 5.41) is 6.57. The number of ether oxygens (including phenoxy) is 1. The van der Waals surface area contributed by atoms with Gasteiger partial charge in [-0.15, -0.1) is 6.58 Å². The third-order valence-corrected chi connectivity index (χ3v) is 2.85. The maximum absolute atomic E-state index is 5.81. The molecule has 0 unspecified atom stereocenters. The molecule has 0 aliphatic rings. The van der Waals surface area contributed by atoms with E-state index >= 15 is 0 Å². The molecule has 0 aliphatic carbocycles. The second-order valence-corrected chi connectivity index (χ2v) is 4.21. The Morgan fingerprint density at radius 2 is 2.11 bits per heavy atom. The topological polar surface area (TPSA) is 90.0 Å². The molecule has 0 radical (unpaired) electrons. The lowest BCUT2D eigenvalue weighted by atomic mass is 10.1. The van der Waals surface area contributed by atoms with Crippen LogP contribution in [0, 0.1) is 0 Å². The second kappa shape index (κ2) is 5.95. The summed E-state index contributed by atoms with van der Waals surface area (Å²) in [5.41, 5.74) is 13.4. The number of rotatable bonds is 6. The molecular formula is C14H18N4O. The Kier molecular flexibility index (Phi) is 4.07. The van der Waals surface area contributed by atoms with Crippen LogP contribution in [-0.4, -0.2) is 16.8 Å². The van der Waals surface area contributed by atoms with Crippen molar-refractivity contribution in [2.75, 3.05) is 18.1 Å². The van der Waals surface area contributed by atoms with Gasteiger partial charge in [0, 0.05) is 12.0 Å². The van der Waals surface area contributed by atoms with Gasteiger partial charge in [0.1, 0.15) is 11.6 Å². The van der Waals surface area contributed by atoms with Gasteiger partial charge in [-0.2, -0.15) is 5.10 Å². The van der Waals surface area contributed by atoms with Crippen molar-refractivity contribution in [3.05, 3.63) is 48.0 Å². The van der Waals surface area contributed by atoms with E-state index in [1.807, 2.05) is 30.3 Å². The van der Waals surface area contributed by atoms with Crippen molar-refractivity contribution in [2.24, 2.45) is 0 Å². The molecule has 5 N–H and O–H groups in total. The fourth-order valence-corrected chi connectivity index (χ4v) is 1.81. The van der Waals surface area contributed by atoms with E-state index in [0.717, 1.165) is 23.3 Å². The van der Waals surface area contributed by atoms with Gasteiger partial charge >= 0.3 is 0 Å². The standard InChI is InChI=1S/C14H18N4O/c1-2-3-8-19-12-7-5-4-6-10(12)9-11-13(15)17-18-14(11)16/h2,4-7H,1,3,8-9H2,(H5,15,16,17,18). The molecule has 0 saturated carbocycles. The van der Waals surface area contributed by atoms with Gasteiger partial charge in [0.2, 0.25) is 0 Å². The highest BCUT2D eigenvalue weighted by atomic mass is 16.5. The lowest BCUT2D eigenvalue weighted by molar-refractivity contribution is 0.322. The van der Waals surface area contributed by atoms with Crippen molar-refractivity contribution < 1.29 is 4.74 Å². The van der Waals surface area contributed by atoms with Crippen molar-refractivity contribution in [1.82, 2.24) is 10.2 Å². The molecule has 0 saturated heterocycles. The normalized spacial score (nSPS) is 10.3. The minimum atomic E-state index is 0.429. The van der Waals surface area contributed by atoms with Crippen molar-refractivity contribution in [3.8, 4) is 5.75 Å². The van der Waals surface area contributed by atoms with Crippen LogP contribution in [0.2, 0.25) is 0 Å². The molecule has 0 fully saturated rings. The Morgan fingerprint density at radius 3 is 2.79 bits per heavy atom. The summed E-state index contributed by atoms with van der Waals surface area (Å²) < 4.78 is 5.72. The number of benzene rings is 1. The lowest BCUT2D eigenvalue weighted by Crippen LogP contribution is -2.02. The third kappa shape index (κ3) is 3.07. The summed E-state index contributed by atoms with van der Waals surface area (Å²) in [6.07, 6.45) is 3.23. The van der Waals surface area contributed by atoms with Crippen LogP contribution >= 0.6 is 0 Å². The van der Waals surface area contributed by atoms with Crippen molar-refractivity contribution in [2.45, 2.75) is 12.8 Å². The molecule has 5 nitrogen and oxygen atoms in total. The third-order valence-electron chi connectivity index (χ3n) is 2.85. The van der Waals surface area contributed by atoms with Gasteiger partial charge in [-0.1, -0.05) is 24.3 Å².